The van der Waals surface area contributed by atoms with Crippen LogP contribution >= 0.6 is 0 Å². The van der Waals surface area contributed by atoms with Gasteiger partial charge in [-0.3, -0.25) is 14.4 Å². The van der Waals surface area contributed by atoms with Gasteiger partial charge in [0.15, 0.2) is 5.79 Å². The van der Waals surface area contributed by atoms with Gasteiger partial charge in [-0.1, -0.05) is 78.9 Å². The van der Waals surface area contributed by atoms with Crippen molar-refractivity contribution in [3.05, 3.63) is 124 Å². The number of nitrogens with one attached hydrogen (secondary N) is 1. The van der Waals surface area contributed by atoms with Crippen LogP contribution in [-0.4, -0.2) is 101 Å². The molecule has 5 aliphatic rings. The number of ether oxygens (including phenoxy) is 5. The molecular formula is C50H58N2O10. The summed E-state index contributed by atoms with van der Waals surface area (Å²) in [5, 5.41) is 13.1. The normalized spacial score (nSPS) is 25.5. The van der Waals surface area contributed by atoms with Gasteiger partial charge in [0.1, 0.15) is 30.0 Å². The Labute approximate surface area is 363 Å². The summed E-state index contributed by atoms with van der Waals surface area (Å²) in [4.78, 5) is 56.5. The summed E-state index contributed by atoms with van der Waals surface area (Å²) >= 11 is 0. The summed E-state index contributed by atoms with van der Waals surface area (Å²) in [6.45, 7) is 4.91. The summed E-state index contributed by atoms with van der Waals surface area (Å²) in [6, 6.07) is 23.0. The first kappa shape index (κ1) is 43.5. The number of benzene rings is 3. The number of hydrogen-bond donors (Lipinski definition) is 2. The molecule has 3 fully saturated rings. The van der Waals surface area contributed by atoms with Crippen LogP contribution in [0.15, 0.2) is 96.6 Å². The number of nitrogens with zero attached hydrogens (tertiary/aromatic N) is 1. The van der Waals surface area contributed by atoms with Crippen LogP contribution in [-0.2, 0) is 57.3 Å². The quantitative estimate of drug-likeness (QED) is 0.145. The summed E-state index contributed by atoms with van der Waals surface area (Å²) in [7, 11) is 1.57. The fourth-order valence-corrected chi connectivity index (χ4v) is 9.25. The van der Waals surface area contributed by atoms with Crippen molar-refractivity contribution in [1.82, 2.24) is 10.2 Å². The minimum atomic E-state index is -0.999. The van der Waals surface area contributed by atoms with Crippen molar-refractivity contribution < 1.29 is 48.0 Å². The van der Waals surface area contributed by atoms with E-state index >= 15 is 0 Å². The zero-order valence-corrected chi connectivity index (χ0v) is 36.0. The van der Waals surface area contributed by atoms with Crippen LogP contribution in [0.4, 0.5) is 0 Å². The van der Waals surface area contributed by atoms with E-state index in [1.165, 1.54) is 4.90 Å². The lowest BCUT2D eigenvalue weighted by Gasteiger charge is -2.34. The summed E-state index contributed by atoms with van der Waals surface area (Å²) in [5.41, 5.74) is 4.06. The van der Waals surface area contributed by atoms with E-state index in [9.17, 15) is 24.3 Å². The Hall–Kier alpha value is -5.14. The van der Waals surface area contributed by atoms with Crippen LogP contribution < -0.4 is 5.32 Å². The van der Waals surface area contributed by atoms with Crippen LogP contribution in [0.2, 0.25) is 0 Å². The molecular weight excluding hydrogens is 789 g/mol. The standard InChI is InChI=1S/C50H58N2O10/c1-49(2,3)61-44(54)23-21-38(30-53)51-46(55)39(24-32-10-6-5-7-11-32)52(4)47(56)37-26-42(45-43(27-37)60-50(62-45)28-35-12-8-9-13-36(35)29-50)59-48(57)34-19-16-31(17-20-34)14-15-33-18-22-40-41(25-33)58-40/h5-17,19-20,27,33,38-43,45,53H,18,21-26,28-30H2,1-4H3,(H,51,55)/t33?,38-,39+,40?,41?,42+,43+,45-/m0/s1. The maximum absolute atomic E-state index is 14.7. The number of allylic oxidation sites excluding steroid dienone is 1. The third kappa shape index (κ3) is 10.4. The van der Waals surface area contributed by atoms with Gasteiger partial charge in [0.25, 0.3) is 0 Å². The van der Waals surface area contributed by atoms with Gasteiger partial charge in [0.2, 0.25) is 11.8 Å². The van der Waals surface area contributed by atoms with Gasteiger partial charge in [-0.25, -0.2) is 4.79 Å². The first-order valence-corrected chi connectivity index (χ1v) is 22.0. The third-order valence-electron chi connectivity index (χ3n) is 12.5. The number of rotatable bonds is 14. The van der Waals surface area contributed by atoms with E-state index in [4.69, 9.17) is 23.7 Å². The SMILES string of the molecule is CN(C(=O)C1=C[C@H]2OC3(Cc4ccccc4C3)O[C@H]2[C@H](OC(=O)c2ccc(C=CC3CCC4OC4C3)cc2)C1)[C@H](Cc1ccccc1)C(=O)N[C@H](CO)CCC(=O)OC(C)(C)C. The van der Waals surface area contributed by atoms with E-state index in [1.807, 2.05) is 54.6 Å². The molecule has 2 N–H and O–H groups in total. The molecule has 0 radical (unpaired) electrons. The van der Waals surface area contributed by atoms with Crippen molar-refractivity contribution in [1.29, 1.82) is 0 Å². The highest BCUT2D eigenvalue weighted by molar-refractivity contribution is 5.97. The molecule has 3 unspecified atom stereocenters. The lowest BCUT2D eigenvalue weighted by Crippen LogP contribution is -2.53. The molecule has 328 valence electrons. The smallest absolute Gasteiger partial charge is 0.338 e. The minimum absolute atomic E-state index is 0.0104. The Morgan fingerprint density at radius 3 is 2.32 bits per heavy atom. The van der Waals surface area contributed by atoms with Crippen molar-refractivity contribution in [2.75, 3.05) is 13.7 Å². The van der Waals surface area contributed by atoms with Crippen molar-refractivity contribution >= 4 is 29.8 Å². The number of epoxide rings is 1. The predicted molar refractivity (Wildman–Crippen MR) is 231 cm³/mol. The fraction of sp³-hybridized carbons (Fsp3) is 0.480. The highest BCUT2D eigenvalue weighted by Crippen LogP contribution is 2.45. The molecule has 8 atom stereocenters. The molecule has 3 aliphatic carbocycles. The Balaban J connectivity index is 0.998. The van der Waals surface area contributed by atoms with Crippen molar-refractivity contribution in [3.63, 3.8) is 0 Å². The largest absolute Gasteiger partial charge is 0.460 e. The Morgan fingerprint density at radius 2 is 1.65 bits per heavy atom. The summed E-state index contributed by atoms with van der Waals surface area (Å²) in [6.07, 6.45) is 9.30. The van der Waals surface area contributed by atoms with Gasteiger partial charge in [-0.2, -0.15) is 0 Å². The third-order valence-corrected chi connectivity index (χ3v) is 12.5. The lowest BCUT2D eigenvalue weighted by atomic mass is 9.89. The zero-order chi connectivity index (χ0) is 43.6. The number of amides is 2. The number of esters is 2. The molecule has 1 saturated carbocycles. The van der Waals surface area contributed by atoms with E-state index in [0.717, 1.165) is 41.5 Å². The average Bonchev–Trinajstić information content (AvgIpc) is 3.81. The van der Waals surface area contributed by atoms with Crippen molar-refractivity contribution in [2.24, 2.45) is 5.92 Å². The van der Waals surface area contributed by atoms with Crippen LogP contribution in [0.25, 0.3) is 6.08 Å². The fourth-order valence-electron chi connectivity index (χ4n) is 9.25. The molecule has 3 aromatic carbocycles. The van der Waals surface area contributed by atoms with Gasteiger partial charge in [0, 0.05) is 44.7 Å². The molecule has 1 spiro atoms. The predicted octanol–water partition coefficient (Wildman–Crippen LogP) is 6.07. The zero-order valence-electron chi connectivity index (χ0n) is 36.0. The molecule has 62 heavy (non-hydrogen) atoms. The number of carbonyl (C=O) groups is 4. The van der Waals surface area contributed by atoms with E-state index < -0.39 is 72.1 Å². The van der Waals surface area contributed by atoms with E-state index in [1.54, 1.807) is 46.0 Å². The number of likely N-dealkylation sites (N-methyl/N-ethyl adjacent to an activating group) is 1. The van der Waals surface area contributed by atoms with Crippen molar-refractivity contribution in [3.8, 4) is 0 Å². The summed E-state index contributed by atoms with van der Waals surface area (Å²) in [5.74, 6) is -2.42. The number of fused-ring (bicyclic) bond motifs is 3. The molecule has 2 saturated heterocycles. The Bertz CT molecular complexity index is 2150. The average molecular weight is 847 g/mol. The van der Waals surface area contributed by atoms with E-state index in [0.29, 0.717) is 42.1 Å². The van der Waals surface area contributed by atoms with Gasteiger partial charge in [0.05, 0.1) is 30.4 Å². The second kappa shape index (κ2) is 18.3. The molecule has 3 aromatic rings. The topological polar surface area (TPSA) is 153 Å². The van der Waals surface area contributed by atoms with Crippen molar-refractivity contribution in [2.45, 2.75) is 133 Å². The maximum Gasteiger partial charge on any atom is 0.338 e. The molecule has 2 heterocycles. The number of aliphatic hydroxyl groups is 1. The molecule has 12 nitrogen and oxygen atoms in total. The van der Waals surface area contributed by atoms with Gasteiger partial charge >= 0.3 is 11.9 Å². The monoisotopic (exact) mass is 846 g/mol. The number of aliphatic hydroxyl groups excluding tert-OH is 1. The highest BCUT2D eigenvalue weighted by atomic mass is 16.8. The maximum atomic E-state index is 14.7. The number of hydrogen-bond acceptors (Lipinski definition) is 10. The first-order valence-electron chi connectivity index (χ1n) is 22.0. The molecule has 0 bridgehead atoms. The highest BCUT2D eigenvalue weighted by Gasteiger charge is 2.55. The van der Waals surface area contributed by atoms with Gasteiger partial charge < -0.3 is 39.0 Å². The minimum Gasteiger partial charge on any atom is -0.460 e. The number of carbonyl (C=O) groups excluding carboxylic acids is 4. The second-order valence-corrected chi connectivity index (χ2v) is 18.4. The summed E-state index contributed by atoms with van der Waals surface area (Å²) < 4.78 is 30.8. The van der Waals surface area contributed by atoms with Crippen LogP contribution in [0.3, 0.4) is 0 Å². The molecule has 8 rings (SSSR count). The van der Waals surface area contributed by atoms with Gasteiger partial charge in [-0.15, -0.1) is 0 Å². The van der Waals surface area contributed by atoms with Gasteiger partial charge in [-0.05, 0) is 92.8 Å². The molecule has 0 aromatic heterocycles. The van der Waals surface area contributed by atoms with Crippen LogP contribution in [0.1, 0.15) is 91.9 Å². The molecule has 2 amide bonds. The molecule has 2 aliphatic heterocycles. The second-order valence-electron chi connectivity index (χ2n) is 18.4. The van der Waals surface area contributed by atoms with E-state index in [2.05, 4.69) is 29.6 Å². The van der Waals surface area contributed by atoms with Crippen LogP contribution in [0, 0.1) is 5.92 Å². The lowest BCUT2D eigenvalue weighted by molar-refractivity contribution is -0.172. The first-order chi connectivity index (χ1) is 29.7. The van der Waals surface area contributed by atoms with E-state index in [-0.39, 0.29) is 25.7 Å². The Morgan fingerprint density at radius 1 is 0.935 bits per heavy atom. The Kier molecular flexibility index (Phi) is 12.8. The van der Waals surface area contributed by atoms with Crippen LogP contribution in [0.5, 0.6) is 0 Å². The molecule has 12 heteroatoms.